The molecule has 0 bridgehead atoms. The molecule has 102 valence electrons. The molecule has 0 fully saturated rings. The molecule has 0 radical (unpaired) electrons. The summed E-state index contributed by atoms with van der Waals surface area (Å²) in [6.45, 7) is 2.09. The van der Waals surface area contributed by atoms with E-state index in [0.29, 0.717) is 0 Å². The lowest BCUT2D eigenvalue weighted by molar-refractivity contribution is 0.405. The average molecular weight is 277 g/mol. The van der Waals surface area contributed by atoms with Crippen molar-refractivity contribution in [3.8, 4) is 5.75 Å². The number of hydrogen-bond acceptors (Lipinski definition) is 4. The molecule has 0 aliphatic rings. The third-order valence-electron chi connectivity index (χ3n) is 2.94. The monoisotopic (exact) mass is 277 g/mol. The highest BCUT2D eigenvalue weighted by molar-refractivity contribution is 7.99. The molecule has 0 spiro atoms. The summed E-state index contributed by atoms with van der Waals surface area (Å²) in [6.07, 6.45) is 1.70. The Kier molecular flexibility index (Phi) is 4.50. The van der Waals surface area contributed by atoms with Gasteiger partial charge in [-0.2, -0.15) is 5.10 Å². The first-order valence-corrected chi connectivity index (χ1v) is 7.11. The molecule has 4 nitrogen and oxygen atoms in total. The molecule has 19 heavy (non-hydrogen) atoms. The Morgan fingerprint density at radius 3 is 2.95 bits per heavy atom. The molecule has 2 N–H and O–H groups in total. The van der Waals surface area contributed by atoms with Crippen LogP contribution in [-0.2, 0) is 7.05 Å². The van der Waals surface area contributed by atoms with Gasteiger partial charge in [-0.3, -0.25) is 4.68 Å². The molecule has 0 aliphatic heterocycles. The van der Waals surface area contributed by atoms with Crippen LogP contribution in [0.4, 0.5) is 0 Å². The van der Waals surface area contributed by atoms with Crippen LogP contribution in [0.15, 0.2) is 35.4 Å². The van der Waals surface area contributed by atoms with E-state index in [1.54, 1.807) is 29.8 Å². The van der Waals surface area contributed by atoms with Crippen molar-refractivity contribution in [3.63, 3.8) is 0 Å². The summed E-state index contributed by atoms with van der Waals surface area (Å²) in [5.74, 6) is 1.54. The number of rotatable bonds is 5. The van der Waals surface area contributed by atoms with E-state index in [0.717, 1.165) is 17.2 Å². The fourth-order valence-corrected chi connectivity index (χ4v) is 2.95. The molecule has 2 aromatic rings. The van der Waals surface area contributed by atoms with Gasteiger partial charge in [-0.25, -0.2) is 0 Å². The van der Waals surface area contributed by atoms with Gasteiger partial charge < -0.3 is 10.5 Å². The number of aryl methyl sites for hydroxylation is 2. The van der Waals surface area contributed by atoms with Gasteiger partial charge in [-0.15, -0.1) is 11.8 Å². The number of hydrogen-bond donors (Lipinski definition) is 1. The van der Waals surface area contributed by atoms with Crippen LogP contribution in [0.2, 0.25) is 0 Å². The lowest BCUT2D eigenvalue weighted by Crippen LogP contribution is -2.17. The molecule has 2 rings (SSSR count). The van der Waals surface area contributed by atoms with E-state index < -0.39 is 0 Å². The van der Waals surface area contributed by atoms with Gasteiger partial charge in [0, 0.05) is 17.7 Å². The third-order valence-corrected chi connectivity index (χ3v) is 4.05. The van der Waals surface area contributed by atoms with E-state index in [1.165, 1.54) is 10.5 Å². The van der Waals surface area contributed by atoms with E-state index in [9.17, 15) is 0 Å². The Hall–Kier alpha value is -1.46. The minimum absolute atomic E-state index is 0.104. The first-order valence-electron chi connectivity index (χ1n) is 6.12. The Balaban J connectivity index is 2.05. The lowest BCUT2D eigenvalue weighted by Gasteiger charge is -2.13. The summed E-state index contributed by atoms with van der Waals surface area (Å²) in [7, 11) is 3.52. The standard InChI is InChI=1S/C14H19N3OS/c1-10-5-4-6-11(7-10)19-9-12(15)14-13(18-3)8-16-17(14)2/h4-8,12H,9,15H2,1-3H3. The summed E-state index contributed by atoms with van der Waals surface area (Å²) in [6, 6.07) is 8.32. The van der Waals surface area contributed by atoms with Crippen molar-refractivity contribution in [2.24, 2.45) is 12.8 Å². The SMILES string of the molecule is COc1cnn(C)c1C(N)CSc1cccc(C)c1. The van der Waals surface area contributed by atoms with Crippen LogP contribution in [0.1, 0.15) is 17.3 Å². The molecule has 0 amide bonds. The minimum Gasteiger partial charge on any atom is -0.493 e. The van der Waals surface area contributed by atoms with E-state index in [2.05, 4.69) is 36.3 Å². The van der Waals surface area contributed by atoms with Gasteiger partial charge in [-0.1, -0.05) is 17.7 Å². The van der Waals surface area contributed by atoms with Gasteiger partial charge >= 0.3 is 0 Å². The van der Waals surface area contributed by atoms with Gasteiger partial charge in [-0.05, 0) is 19.1 Å². The zero-order valence-electron chi connectivity index (χ0n) is 11.5. The van der Waals surface area contributed by atoms with Gasteiger partial charge in [0.1, 0.15) is 0 Å². The maximum Gasteiger partial charge on any atom is 0.161 e. The van der Waals surface area contributed by atoms with E-state index in [1.807, 2.05) is 7.05 Å². The molecule has 1 heterocycles. The smallest absolute Gasteiger partial charge is 0.161 e. The van der Waals surface area contributed by atoms with E-state index >= 15 is 0 Å². The molecule has 1 unspecified atom stereocenters. The second-order valence-corrected chi connectivity index (χ2v) is 5.55. The average Bonchev–Trinajstić information content (AvgIpc) is 2.77. The molecule has 0 saturated heterocycles. The van der Waals surface area contributed by atoms with Crippen LogP contribution in [0.25, 0.3) is 0 Å². The predicted molar refractivity (Wildman–Crippen MR) is 78.6 cm³/mol. The van der Waals surface area contributed by atoms with Crippen molar-refractivity contribution >= 4 is 11.8 Å². The molecule has 1 atom stereocenters. The summed E-state index contributed by atoms with van der Waals surface area (Å²) < 4.78 is 7.06. The largest absolute Gasteiger partial charge is 0.493 e. The third kappa shape index (κ3) is 3.30. The maximum absolute atomic E-state index is 6.24. The maximum atomic E-state index is 6.24. The van der Waals surface area contributed by atoms with Crippen LogP contribution < -0.4 is 10.5 Å². The highest BCUT2D eigenvalue weighted by Crippen LogP contribution is 2.28. The van der Waals surface area contributed by atoms with Crippen molar-refractivity contribution in [2.45, 2.75) is 17.9 Å². The van der Waals surface area contributed by atoms with Gasteiger partial charge in [0.2, 0.25) is 0 Å². The summed E-state index contributed by atoms with van der Waals surface area (Å²) in [5, 5.41) is 4.18. The van der Waals surface area contributed by atoms with Gasteiger partial charge in [0.15, 0.2) is 5.75 Å². The zero-order valence-corrected chi connectivity index (χ0v) is 12.3. The van der Waals surface area contributed by atoms with Crippen molar-refractivity contribution in [3.05, 3.63) is 41.7 Å². The normalized spacial score (nSPS) is 12.4. The second kappa shape index (κ2) is 6.12. The molecule has 5 heteroatoms. The number of methoxy groups -OCH3 is 1. The highest BCUT2D eigenvalue weighted by Gasteiger charge is 2.17. The molecular formula is C14H19N3OS. The summed E-state index contributed by atoms with van der Waals surface area (Å²) >= 11 is 1.75. The molecular weight excluding hydrogens is 258 g/mol. The number of nitrogens with two attached hydrogens (primary N) is 1. The molecule has 1 aromatic carbocycles. The Labute approximate surface area is 117 Å². The molecule has 0 aliphatic carbocycles. The topological polar surface area (TPSA) is 53.1 Å². The number of thioether (sulfide) groups is 1. The van der Waals surface area contributed by atoms with Gasteiger partial charge in [0.25, 0.3) is 0 Å². The van der Waals surface area contributed by atoms with Crippen molar-refractivity contribution in [1.29, 1.82) is 0 Å². The van der Waals surface area contributed by atoms with Crippen LogP contribution in [-0.4, -0.2) is 22.6 Å². The Morgan fingerprint density at radius 2 is 2.26 bits per heavy atom. The number of ether oxygens (including phenoxy) is 1. The number of nitrogens with zero attached hydrogens (tertiary/aromatic N) is 2. The van der Waals surface area contributed by atoms with Crippen LogP contribution in [0, 0.1) is 6.92 Å². The first-order chi connectivity index (χ1) is 9.11. The first kappa shape index (κ1) is 14.0. The lowest BCUT2D eigenvalue weighted by atomic mass is 10.2. The fraction of sp³-hybridized carbons (Fsp3) is 0.357. The molecule has 0 saturated carbocycles. The number of aromatic nitrogens is 2. The van der Waals surface area contributed by atoms with Crippen LogP contribution in [0.3, 0.4) is 0 Å². The fourth-order valence-electron chi connectivity index (χ4n) is 1.98. The quantitative estimate of drug-likeness (QED) is 0.853. The number of benzene rings is 1. The van der Waals surface area contributed by atoms with E-state index in [-0.39, 0.29) is 6.04 Å². The Morgan fingerprint density at radius 1 is 1.47 bits per heavy atom. The van der Waals surface area contributed by atoms with Crippen molar-refractivity contribution in [2.75, 3.05) is 12.9 Å². The highest BCUT2D eigenvalue weighted by atomic mass is 32.2. The summed E-state index contributed by atoms with van der Waals surface area (Å²) in [5.41, 5.74) is 8.43. The zero-order chi connectivity index (χ0) is 13.8. The Bertz CT molecular complexity index is 553. The minimum atomic E-state index is -0.104. The van der Waals surface area contributed by atoms with Crippen molar-refractivity contribution < 1.29 is 4.74 Å². The van der Waals surface area contributed by atoms with E-state index in [4.69, 9.17) is 10.5 Å². The molecule has 1 aromatic heterocycles. The van der Waals surface area contributed by atoms with Crippen LogP contribution >= 0.6 is 11.8 Å². The predicted octanol–water partition coefficient (Wildman–Crippen LogP) is 2.53. The van der Waals surface area contributed by atoms with Gasteiger partial charge in [0.05, 0.1) is 25.0 Å². The summed E-state index contributed by atoms with van der Waals surface area (Å²) in [4.78, 5) is 1.23. The van der Waals surface area contributed by atoms with Crippen molar-refractivity contribution in [1.82, 2.24) is 9.78 Å². The van der Waals surface area contributed by atoms with Crippen LogP contribution in [0.5, 0.6) is 5.75 Å². The second-order valence-electron chi connectivity index (χ2n) is 4.46.